The molecule has 0 atom stereocenters. The van der Waals surface area contributed by atoms with Crippen LogP contribution in [0.5, 0.6) is 0 Å². The highest BCUT2D eigenvalue weighted by Gasteiger charge is 2.20. The Morgan fingerprint density at radius 3 is 2.94 bits per heavy atom. The number of aromatic nitrogens is 2. The summed E-state index contributed by atoms with van der Waals surface area (Å²) in [5.41, 5.74) is 0.678. The average Bonchev–Trinajstić information content (AvgIpc) is 2.20. The van der Waals surface area contributed by atoms with E-state index in [2.05, 4.69) is 10.3 Å². The number of nitrogens with zero attached hydrogens (tertiary/aromatic N) is 2. The minimum atomic E-state index is -0.0148. The van der Waals surface area contributed by atoms with E-state index in [-0.39, 0.29) is 11.6 Å². The molecule has 1 aliphatic heterocycles. The summed E-state index contributed by atoms with van der Waals surface area (Å²) in [6.07, 6.45) is 1.62. The molecule has 0 saturated carbocycles. The van der Waals surface area contributed by atoms with Crippen LogP contribution in [0.4, 0.5) is 0 Å². The van der Waals surface area contributed by atoms with Gasteiger partial charge in [-0.1, -0.05) is 11.6 Å². The van der Waals surface area contributed by atoms with Crippen LogP contribution in [0.15, 0.2) is 29.3 Å². The van der Waals surface area contributed by atoms with Crippen LogP contribution in [0.1, 0.15) is 6.04 Å². The SMILES string of the molecule is O=c1c2cc(Cl)ccc2ncn1C1CNC1. The van der Waals surface area contributed by atoms with Gasteiger partial charge in [0.05, 0.1) is 23.3 Å². The van der Waals surface area contributed by atoms with E-state index in [1.807, 2.05) is 0 Å². The van der Waals surface area contributed by atoms with Crippen molar-refractivity contribution in [2.75, 3.05) is 13.1 Å². The molecule has 82 valence electrons. The molecule has 2 aromatic rings. The molecule has 0 spiro atoms. The normalized spacial score (nSPS) is 16.3. The van der Waals surface area contributed by atoms with Crippen molar-refractivity contribution in [2.45, 2.75) is 6.04 Å². The molecule has 1 N–H and O–H groups in total. The van der Waals surface area contributed by atoms with Crippen molar-refractivity contribution < 1.29 is 0 Å². The van der Waals surface area contributed by atoms with Crippen molar-refractivity contribution in [3.63, 3.8) is 0 Å². The fourth-order valence-electron chi connectivity index (χ4n) is 1.84. The van der Waals surface area contributed by atoms with Crippen LogP contribution in [0, 0.1) is 0 Å². The predicted octanol–water partition coefficient (Wildman–Crippen LogP) is 1.19. The van der Waals surface area contributed by atoms with E-state index in [1.54, 1.807) is 29.1 Å². The molecule has 2 heterocycles. The molecule has 0 aliphatic carbocycles. The van der Waals surface area contributed by atoms with E-state index in [9.17, 15) is 4.79 Å². The number of benzene rings is 1. The van der Waals surface area contributed by atoms with Crippen molar-refractivity contribution in [1.29, 1.82) is 0 Å². The zero-order valence-electron chi connectivity index (χ0n) is 8.48. The molecule has 0 amide bonds. The zero-order chi connectivity index (χ0) is 11.1. The number of rotatable bonds is 1. The van der Waals surface area contributed by atoms with Crippen LogP contribution in [0.25, 0.3) is 10.9 Å². The molecule has 1 aromatic heterocycles. The molecule has 16 heavy (non-hydrogen) atoms. The quantitative estimate of drug-likeness (QED) is 0.808. The van der Waals surface area contributed by atoms with Crippen molar-refractivity contribution in [3.05, 3.63) is 39.9 Å². The molecule has 0 radical (unpaired) electrons. The number of nitrogens with one attached hydrogen (secondary N) is 1. The van der Waals surface area contributed by atoms with Crippen LogP contribution < -0.4 is 10.9 Å². The van der Waals surface area contributed by atoms with E-state index in [0.29, 0.717) is 15.9 Å². The summed E-state index contributed by atoms with van der Waals surface area (Å²) in [5, 5.41) is 4.28. The fourth-order valence-corrected chi connectivity index (χ4v) is 2.01. The van der Waals surface area contributed by atoms with Gasteiger partial charge in [0.15, 0.2) is 0 Å². The summed E-state index contributed by atoms with van der Waals surface area (Å²) in [4.78, 5) is 16.4. The first-order valence-electron chi connectivity index (χ1n) is 5.13. The van der Waals surface area contributed by atoms with Crippen molar-refractivity contribution >= 4 is 22.5 Å². The Morgan fingerprint density at radius 2 is 2.25 bits per heavy atom. The third-order valence-corrected chi connectivity index (χ3v) is 3.13. The average molecular weight is 236 g/mol. The van der Waals surface area contributed by atoms with Gasteiger partial charge in [0.2, 0.25) is 0 Å². The van der Waals surface area contributed by atoms with Crippen LogP contribution in [-0.2, 0) is 0 Å². The number of halogens is 1. The van der Waals surface area contributed by atoms with Gasteiger partial charge in [-0.25, -0.2) is 4.98 Å². The van der Waals surface area contributed by atoms with Crippen LogP contribution in [0.3, 0.4) is 0 Å². The molecule has 3 rings (SSSR count). The highest BCUT2D eigenvalue weighted by atomic mass is 35.5. The van der Waals surface area contributed by atoms with Gasteiger partial charge in [0.1, 0.15) is 0 Å². The first-order valence-corrected chi connectivity index (χ1v) is 5.50. The van der Waals surface area contributed by atoms with Gasteiger partial charge in [-0.2, -0.15) is 0 Å². The fraction of sp³-hybridized carbons (Fsp3) is 0.273. The van der Waals surface area contributed by atoms with E-state index < -0.39 is 0 Å². The number of fused-ring (bicyclic) bond motifs is 1. The largest absolute Gasteiger partial charge is 0.313 e. The molecule has 1 saturated heterocycles. The molecule has 1 aromatic carbocycles. The van der Waals surface area contributed by atoms with Crippen LogP contribution >= 0.6 is 11.6 Å². The lowest BCUT2D eigenvalue weighted by atomic mass is 10.1. The van der Waals surface area contributed by atoms with Gasteiger partial charge in [-0.15, -0.1) is 0 Å². The van der Waals surface area contributed by atoms with Gasteiger partial charge in [-0.05, 0) is 18.2 Å². The third kappa shape index (κ3) is 1.42. The first-order chi connectivity index (χ1) is 7.75. The summed E-state index contributed by atoms with van der Waals surface area (Å²) >= 11 is 5.88. The Bertz CT molecular complexity index is 604. The lowest BCUT2D eigenvalue weighted by Crippen LogP contribution is -2.46. The molecule has 0 bridgehead atoms. The monoisotopic (exact) mass is 235 g/mol. The Hall–Kier alpha value is -1.39. The van der Waals surface area contributed by atoms with Gasteiger partial charge in [0, 0.05) is 18.1 Å². The van der Waals surface area contributed by atoms with Gasteiger partial charge >= 0.3 is 0 Å². The highest BCUT2D eigenvalue weighted by molar-refractivity contribution is 6.31. The highest BCUT2D eigenvalue weighted by Crippen LogP contribution is 2.16. The molecular weight excluding hydrogens is 226 g/mol. The van der Waals surface area contributed by atoms with Crippen LogP contribution in [-0.4, -0.2) is 22.6 Å². The van der Waals surface area contributed by atoms with Crippen molar-refractivity contribution in [1.82, 2.24) is 14.9 Å². The molecule has 4 nitrogen and oxygen atoms in total. The van der Waals surface area contributed by atoms with Gasteiger partial charge < -0.3 is 5.32 Å². The third-order valence-electron chi connectivity index (χ3n) is 2.90. The Balaban J connectivity index is 2.25. The van der Waals surface area contributed by atoms with Gasteiger partial charge in [0.25, 0.3) is 5.56 Å². The summed E-state index contributed by atoms with van der Waals surface area (Å²) in [5.74, 6) is 0. The van der Waals surface area contributed by atoms with Crippen molar-refractivity contribution in [2.24, 2.45) is 0 Å². The Labute approximate surface area is 96.9 Å². The lowest BCUT2D eigenvalue weighted by molar-refractivity contribution is 0.334. The minimum Gasteiger partial charge on any atom is -0.313 e. The second-order valence-electron chi connectivity index (χ2n) is 3.93. The minimum absolute atomic E-state index is 0.0148. The van der Waals surface area contributed by atoms with Crippen molar-refractivity contribution in [3.8, 4) is 0 Å². The summed E-state index contributed by atoms with van der Waals surface area (Å²) < 4.78 is 1.68. The second-order valence-corrected chi connectivity index (χ2v) is 4.37. The smallest absolute Gasteiger partial charge is 0.261 e. The molecule has 1 aliphatic rings. The molecular formula is C11H10ClN3O. The molecule has 0 unspecified atom stereocenters. The number of hydrogen-bond donors (Lipinski definition) is 1. The number of hydrogen-bond acceptors (Lipinski definition) is 3. The van der Waals surface area contributed by atoms with E-state index in [4.69, 9.17) is 11.6 Å². The summed E-state index contributed by atoms with van der Waals surface area (Å²) in [6, 6.07) is 5.41. The Kier molecular flexibility index (Phi) is 2.19. The molecule has 5 heteroatoms. The zero-order valence-corrected chi connectivity index (χ0v) is 9.24. The maximum atomic E-state index is 12.2. The molecule has 1 fully saturated rings. The van der Waals surface area contributed by atoms with E-state index in [0.717, 1.165) is 13.1 Å². The van der Waals surface area contributed by atoms with Crippen LogP contribution in [0.2, 0.25) is 5.02 Å². The maximum Gasteiger partial charge on any atom is 0.261 e. The summed E-state index contributed by atoms with van der Waals surface area (Å²) in [7, 11) is 0. The summed E-state index contributed by atoms with van der Waals surface area (Å²) in [6.45, 7) is 1.65. The van der Waals surface area contributed by atoms with Gasteiger partial charge in [-0.3, -0.25) is 9.36 Å². The second kappa shape index (κ2) is 3.57. The van der Waals surface area contributed by atoms with E-state index in [1.165, 1.54) is 0 Å². The maximum absolute atomic E-state index is 12.2. The standard InChI is InChI=1S/C11H10ClN3O/c12-7-1-2-10-9(3-7)11(16)15(6-14-10)8-4-13-5-8/h1-3,6,8,13H,4-5H2. The first kappa shape index (κ1) is 9.81. The topological polar surface area (TPSA) is 46.9 Å². The predicted molar refractivity (Wildman–Crippen MR) is 62.9 cm³/mol. The van der Waals surface area contributed by atoms with E-state index >= 15 is 0 Å². The Morgan fingerprint density at radius 1 is 1.44 bits per heavy atom. The lowest BCUT2D eigenvalue weighted by Gasteiger charge is -2.28.